The van der Waals surface area contributed by atoms with E-state index in [2.05, 4.69) is 15.5 Å². The maximum atomic E-state index is 14.4. The van der Waals surface area contributed by atoms with Crippen molar-refractivity contribution in [2.45, 2.75) is 31.5 Å². The summed E-state index contributed by atoms with van der Waals surface area (Å²) >= 11 is 0. The molecule has 2 unspecified atom stereocenters. The number of tetrazole rings is 1. The molecule has 2 atom stereocenters. The van der Waals surface area contributed by atoms with Crippen molar-refractivity contribution in [1.29, 1.82) is 0 Å². The number of halogens is 1. The normalized spacial score (nSPS) is 20.5. The SMILES string of the molecule is COc1cccc(CC(C(=O)N2CCC(F)(C(=O)O)C2)n2nnnc2C)c1. The Hall–Kier alpha value is -3.04. The van der Waals surface area contributed by atoms with Gasteiger partial charge in [-0.1, -0.05) is 12.1 Å². The molecule has 1 aromatic heterocycles. The molecular formula is C17H20FN5O4. The molecule has 144 valence electrons. The first-order chi connectivity index (χ1) is 12.8. The lowest BCUT2D eigenvalue weighted by molar-refractivity contribution is -0.150. The van der Waals surface area contributed by atoms with Crippen molar-refractivity contribution in [3.8, 4) is 5.75 Å². The second-order valence-electron chi connectivity index (χ2n) is 6.52. The summed E-state index contributed by atoms with van der Waals surface area (Å²) in [6.45, 7) is 1.20. The number of methoxy groups -OCH3 is 1. The second kappa shape index (κ2) is 7.29. The predicted octanol–water partition coefficient (Wildman–Crippen LogP) is 0.799. The smallest absolute Gasteiger partial charge is 0.343 e. The van der Waals surface area contributed by atoms with E-state index in [1.165, 1.54) is 9.58 Å². The number of hydrogen-bond donors (Lipinski definition) is 1. The molecule has 1 aromatic carbocycles. The molecule has 0 spiro atoms. The summed E-state index contributed by atoms with van der Waals surface area (Å²) in [6, 6.07) is 6.40. The number of carbonyl (C=O) groups is 2. The summed E-state index contributed by atoms with van der Waals surface area (Å²) in [5.74, 6) is -0.906. The Balaban J connectivity index is 1.88. The molecule has 2 heterocycles. The number of aliphatic carboxylic acids is 1. The maximum absolute atomic E-state index is 14.4. The zero-order valence-corrected chi connectivity index (χ0v) is 15.0. The summed E-state index contributed by atoms with van der Waals surface area (Å²) in [5, 5.41) is 20.4. The summed E-state index contributed by atoms with van der Waals surface area (Å²) in [7, 11) is 1.55. The van der Waals surface area contributed by atoms with Crippen LogP contribution in [0.25, 0.3) is 0 Å². The topological polar surface area (TPSA) is 110 Å². The van der Waals surface area contributed by atoms with Crippen LogP contribution in [0.4, 0.5) is 4.39 Å². The Kier molecular flexibility index (Phi) is 5.06. The molecule has 1 fully saturated rings. The van der Waals surface area contributed by atoms with Gasteiger partial charge in [0, 0.05) is 19.4 Å². The zero-order chi connectivity index (χ0) is 19.6. The van der Waals surface area contributed by atoms with Crippen molar-refractivity contribution >= 4 is 11.9 Å². The van der Waals surface area contributed by atoms with Crippen LogP contribution < -0.4 is 4.74 Å². The molecule has 1 aliphatic heterocycles. The van der Waals surface area contributed by atoms with Crippen molar-refractivity contribution in [2.75, 3.05) is 20.2 Å². The fourth-order valence-corrected chi connectivity index (χ4v) is 3.17. The fraction of sp³-hybridized carbons (Fsp3) is 0.471. The van der Waals surface area contributed by atoms with E-state index >= 15 is 0 Å². The lowest BCUT2D eigenvalue weighted by Gasteiger charge is -2.24. The molecule has 2 aromatic rings. The average molecular weight is 377 g/mol. The van der Waals surface area contributed by atoms with Gasteiger partial charge in [0.2, 0.25) is 11.6 Å². The number of rotatable bonds is 6. The molecule has 0 aliphatic carbocycles. The van der Waals surface area contributed by atoms with E-state index in [1.54, 1.807) is 32.2 Å². The second-order valence-corrected chi connectivity index (χ2v) is 6.52. The first-order valence-electron chi connectivity index (χ1n) is 8.42. The molecule has 0 saturated carbocycles. The molecular weight excluding hydrogens is 357 g/mol. The highest BCUT2D eigenvalue weighted by Gasteiger charge is 2.48. The highest BCUT2D eigenvalue weighted by molar-refractivity contribution is 5.84. The predicted molar refractivity (Wildman–Crippen MR) is 91.0 cm³/mol. The average Bonchev–Trinajstić information content (AvgIpc) is 3.26. The van der Waals surface area contributed by atoms with Crippen LogP contribution >= 0.6 is 0 Å². The lowest BCUT2D eigenvalue weighted by Crippen LogP contribution is -2.42. The van der Waals surface area contributed by atoms with Crippen LogP contribution in [0.1, 0.15) is 23.9 Å². The molecule has 1 saturated heterocycles. The molecule has 1 N–H and O–H groups in total. The van der Waals surface area contributed by atoms with Crippen LogP contribution in [0.15, 0.2) is 24.3 Å². The van der Waals surface area contributed by atoms with Gasteiger partial charge < -0.3 is 14.7 Å². The Labute approximate surface area is 154 Å². The Morgan fingerprint density at radius 1 is 1.44 bits per heavy atom. The molecule has 9 nitrogen and oxygen atoms in total. The van der Waals surface area contributed by atoms with Crippen LogP contribution in [-0.2, 0) is 16.0 Å². The van der Waals surface area contributed by atoms with Crippen LogP contribution in [0.5, 0.6) is 5.75 Å². The first kappa shape index (κ1) is 18.7. The van der Waals surface area contributed by atoms with E-state index in [1.807, 2.05) is 6.07 Å². The number of carbonyl (C=O) groups excluding carboxylic acids is 1. The van der Waals surface area contributed by atoms with E-state index in [9.17, 15) is 14.0 Å². The third-order valence-corrected chi connectivity index (χ3v) is 4.72. The van der Waals surface area contributed by atoms with Gasteiger partial charge in [0.15, 0.2) is 0 Å². The number of hydrogen-bond acceptors (Lipinski definition) is 6. The monoisotopic (exact) mass is 377 g/mol. The van der Waals surface area contributed by atoms with Gasteiger partial charge in [-0.25, -0.2) is 13.9 Å². The van der Waals surface area contributed by atoms with E-state index in [4.69, 9.17) is 9.84 Å². The number of ether oxygens (including phenoxy) is 1. The summed E-state index contributed by atoms with van der Waals surface area (Å²) < 4.78 is 21.0. The maximum Gasteiger partial charge on any atom is 0.343 e. The highest BCUT2D eigenvalue weighted by atomic mass is 19.1. The number of amides is 1. The van der Waals surface area contributed by atoms with E-state index in [-0.39, 0.29) is 19.4 Å². The number of alkyl halides is 1. The number of carboxylic acid groups (broad SMARTS) is 1. The van der Waals surface area contributed by atoms with Crippen molar-refractivity contribution < 1.29 is 23.8 Å². The summed E-state index contributed by atoms with van der Waals surface area (Å²) in [5.41, 5.74) is -1.61. The van der Waals surface area contributed by atoms with Gasteiger partial charge in [-0.3, -0.25) is 4.79 Å². The van der Waals surface area contributed by atoms with E-state index < -0.39 is 30.1 Å². The van der Waals surface area contributed by atoms with Crippen molar-refractivity contribution in [3.63, 3.8) is 0 Å². The minimum Gasteiger partial charge on any atom is -0.497 e. The largest absolute Gasteiger partial charge is 0.497 e. The van der Waals surface area contributed by atoms with Gasteiger partial charge in [-0.05, 0) is 35.0 Å². The molecule has 3 rings (SSSR count). The number of carboxylic acids is 1. The highest BCUT2D eigenvalue weighted by Crippen LogP contribution is 2.29. The third-order valence-electron chi connectivity index (χ3n) is 4.72. The minimum absolute atomic E-state index is 0.0252. The van der Waals surface area contributed by atoms with E-state index in [0.717, 1.165) is 5.56 Å². The number of likely N-dealkylation sites (tertiary alicyclic amines) is 1. The quantitative estimate of drug-likeness (QED) is 0.793. The van der Waals surface area contributed by atoms with Crippen molar-refractivity contribution in [3.05, 3.63) is 35.7 Å². The van der Waals surface area contributed by atoms with Crippen LogP contribution in [0.3, 0.4) is 0 Å². The van der Waals surface area contributed by atoms with Crippen molar-refractivity contribution in [1.82, 2.24) is 25.1 Å². The van der Waals surface area contributed by atoms with Gasteiger partial charge in [0.05, 0.1) is 13.7 Å². The number of aryl methyl sites for hydroxylation is 1. The molecule has 10 heteroatoms. The number of aromatic nitrogens is 4. The van der Waals surface area contributed by atoms with Gasteiger partial charge in [-0.2, -0.15) is 0 Å². The standard InChI is InChI=1S/C17H20FN5O4/c1-11-19-20-21-23(11)14(9-12-4-3-5-13(8-12)27-2)15(24)22-7-6-17(18,10-22)16(25)26/h3-5,8,14H,6-7,9-10H2,1-2H3,(H,25,26). The van der Waals surface area contributed by atoms with Crippen molar-refractivity contribution in [2.24, 2.45) is 0 Å². The molecule has 27 heavy (non-hydrogen) atoms. The zero-order valence-electron chi connectivity index (χ0n) is 15.0. The Morgan fingerprint density at radius 2 is 2.22 bits per heavy atom. The van der Waals surface area contributed by atoms with Gasteiger partial charge in [0.25, 0.3) is 0 Å². The van der Waals surface area contributed by atoms with Crippen LogP contribution in [0, 0.1) is 6.92 Å². The lowest BCUT2D eigenvalue weighted by atomic mass is 10.0. The third kappa shape index (κ3) is 3.74. The Morgan fingerprint density at radius 3 is 2.81 bits per heavy atom. The summed E-state index contributed by atoms with van der Waals surface area (Å²) in [4.78, 5) is 25.4. The van der Waals surface area contributed by atoms with Crippen LogP contribution in [-0.4, -0.2) is 68.0 Å². The minimum atomic E-state index is -2.42. The first-order valence-corrected chi connectivity index (χ1v) is 8.42. The summed E-state index contributed by atoms with van der Waals surface area (Å²) in [6.07, 6.45) is 0.0132. The van der Waals surface area contributed by atoms with Gasteiger partial charge in [0.1, 0.15) is 17.6 Å². The van der Waals surface area contributed by atoms with Crippen LogP contribution in [0.2, 0.25) is 0 Å². The number of benzene rings is 1. The molecule has 0 bridgehead atoms. The van der Waals surface area contributed by atoms with Gasteiger partial charge in [-0.15, -0.1) is 5.10 Å². The Bertz CT molecular complexity index is 857. The molecule has 1 aliphatic rings. The number of nitrogens with zero attached hydrogens (tertiary/aromatic N) is 5. The fourth-order valence-electron chi connectivity index (χ4n) is 3.17. The van der Waals surface area contributed by atoms with E-state index in [0.29, 0.717) is 11.6 Å². The van der Waals surface area contributed by atoms with Gasteiger partial charge >= 0.3 is 5.97 Å². The molecule has 0 radical (unpaired) electrons. The molecule has 1 amide bonds.